The van der Waals surface area contributed by atoms with E-state index in [0.717, 1.165) is 50.9 Å². The number of aliphatic hydroxyl groups is 2. The van der Waals surface area contributed by atoms with Gasteiger partial charge in [0, 0.05) is 86.9 Å². The zero-order valence-electron chi connectivity index (χ0n) is 36.0. The number of carbonyl (C=O) groups excluding carboxylic acids is 1. The third kappa shape index (κ3) is 9.05. The van der Waals surface area contributed by atoms with E-state index in [0.29, 0.717) is 32.4 Å². The van der Waals surface area contributed by atoms with E-state index in [9.17, 15) is 15.0 Å². The average molecular weight is 773 g/mol. The van der Waals surface area contributed by atoms with Crippen molar-refractivity contribution in [2.24, 2.45) is 0 Å². The van der Waals surface area contributed by atoms with Crippen LogP contribution in [0.4, 0.5) is 17.1 Å². The number of rotatable bonds is 16. The Morgan fingerprint density at radius 1 is 0.877 bits per heavy atom. The maximum Gasteiger partial charge on any atom is 0.222 e. The van der Waals surface area contributed by atoms with Gasteiger partial charge in [-0.2, -0.15) is 0 Å². The van der Waals surface area contributed by atoms with E-state index >= 15 is 0 Å². The molecule has 6 rings (SSSR count). The van der Waals surface area contributed by atoms with Crippen molar-refractivity contribution in [1.29, 1.82) is 0 Å². The van der Waals surface area contributed by atoms with E-state index in [1.54, 1.807) is 0 Å². The summed E-state index contributed by atoms with van der Waals surface area (Å²) < 4.78 is 0. The first-order valence-corrected chi connectivity index (χ1v) is 21.4. The van der Waals surface area contributed by atoms with Crippen LogP contribution < -0.4 is 15.1 Å². The van der Waals surface area contributed by atoms with Gasteiger partial charge >= 0.3 is 0 Å². The number of anilines is 3. The summed E-state index contributed by atoms with van der Waals surface area (Å²) in [4.78, 5) is 19.6. The number of unbranched alkanes of at least 4 members (excludes halogenated alkanes) is 2. The highest BCUT2D eigenvalue weighted by Gasteiger charge is 2.44. The Hall–Kier alpha value is -4.33. The minimum Gasteiger partial charge on any atom is -0.396 e. The highest BCUT2D eigenvalue weighted by Crippen LogP contribution is 2.56. The summed E-state index contributed by atoms with van der Waals surface area (Å²) in [6.45, 7) is 17.2. The fraction of sp³-hybridized carbons (Fsp3) is 0.500. The predicted molar refractivity (Wildman–Crippen MR) is 240 cm³/mol. The molecule has 3 aliphatic rings. The molecule has 0 bridgehead atoms. The second kappa shape index (κ2) is 17.7. The van der Waals surface area contributed by atoms with Gasteiger partial charge in [-0.25, -0.2) is 0 Å². The molecule has 0 unspecified atom stereocenters. The van der Waals surface area contributed by atoms with Crippen LogP contribution in [0.1, 0.15) is 115 Å². The van der Waals surface area contributed by atoms with Crippen LogP contribution in [0.25, 0.3) is 11.1 Å². The van der Waals surface area contributed by atoms with Gasteiger partial charge in [0.05, 0.1) is 6.10 Å². The molecule has 306 valence electrons. The van der Waals surface area contributed by atoms with E-state index in [2.05, 4.69) is 156 Å². The largest absolute Gasteiger partial charge is 0.396 e. The minimum absolute atomic E-state index is 0.0728. The molecule has 57 heavy (non-hydrogen) atoms. The van der Waals surface area contributed by atoms with E-state index < -0.39 is 0 Å². The fourth-order valence-corrected chi connectivity index (χ4v) is 9.19. The van der Waals surface area contributed by atoms with Crippen molar-refractivity contribution >= 4 is 23.0 Å². The lowest BCUT2D eigenvalue weighted by molar-refractivity contribution is -0.133. The van der Waals surface area contributed by atoms with Gasteiger partial charge in [0.1, 0.15) is 0 Å². The second-order valence-electron chi connectivity index (χ2n) is 18.4. The molecule has 7 heteroatoms. The van der Waals surface area contributed by atoms with Crippen LogP contribution in [-0.4, -0.2) is 74.0 Å². The first kappa shape index (κ1) is 42.3. The zero-order valence-corrected chi connectivity index (χ0v) is 36.0. The minimum atomic E-state index is -0.265. The number of fused-ring (bicyclic) bond motifs is 4. The van der Waals surface area contributed by atoms with Crippen molar-refractivity contribution in [1.82, 2.24) is 4.90 Å². The van der Waals surface area contributed by atoms with Crippen molar-refractivity contribution in [3.8, 4) is 11.1 Å². The molecule has 3 aromatic rings. The molecule has 1 amide bonds. The number of carbonyl (C=O) groups is 1. The topological polar surface area (TPSA) is 79.3 Å². The van der Waals surface area contributed by atoms with Crippen LogP contribution >= 0.6 is 0 Å². The Morgan fingerprint density at radius 3 is 2.37 bits per heavy atom. The van der Waals surface area contributed by atoms with Crippen LogP contribution in [0.5, 0.6) is 0 Å². The summed E-state index contributed by atoms with van der Waals surface area (Å²) in [6, 6.07) is 20.5. The lowest BCUT2D eigenvalue weighted by Crippen LogP contribution is -2.39. The van der Waals surface area contributed by atoms with Gasteiger partial charge in [0.25, 0.3) is 0 Å². The molecular weight excluding hydrogens is 705 g/mol. The van der Waals surface area contributed by atoms with Crippen LogP contribution in [0.15, 0.2) is 90.7 Å². The normalized spacial score (nSPS) is 18.1. The molecule has 0 spiro atoms. The summed E-state index contributed by atoms with van der Waals surface area (Å²) in [5.41, 5.74) is 12.7. The van der Waals surface area contributed by atoms with E-state index in [1.165, 1.54) is 50.5 Å². The highest BCUT2D eigenvalue weighted by atomic mass is 16.3. The van der Waals surface area contributed by atoms with Gasteiger partial charge in [-0.05, 0) is 114 Å². The molecule has 1 aliphatic carbocycles. The quantitative estimate of drug-likeness (QED) is 0.0995. The zero-order chi connectivity index (χ0) is 41.0. The molecule has 0 aromatic heterocycles. The Bertz CT molecular complexity index is 1980. The summed E-state index contributed by atoms with van der Waals surface area (Å²) in [5, 5.41) is 22.8. The number of amides is 1. The molecule has 1 fully saturated rings. The number of hydrogen-bond acceptors (Lipinski definition) is 6. The summed E-state index contributed by atoms with van der Waals surface area (Å²) in [6.07, 6.45) is 17.3. The van der Waals surface area contributed by atoms with Crippen LogP contribution in [-0.2, 0) is 21.0 Å². The number of hydrogen-bond donors (Lipinski definition) is 3. The van der Waals surface area contributed by atoms with E-state index in [-0.39, 0.29) is 34.9 Å². The number of aliphatic hydroxyl groups excluding tert-OH is 2. The van der Waals surface area contributed by atoms with Gasteiger partial charge in [-0.15, -0.1) is 0 Å². The van der Waals surface area contributed by atoms with Gasteiger partial charge < -0.3 is 30.2 Å². The Morgan fingerprint density at radius 2 is 1.63 bits per heavy atom. The summed E-state index contributed by atoms with van der Waals surface area (Å²) in [5.74, 6) is 0.228. The maximum absolute atomic E-state index is 12.9. The van der Waals surface area contributed by atoms with Gasteiger partial charge in [-0.1, -0.05) is 96.5 Å². The smallest absolute Gasteiger partial charge is 0.222 e. The van der Waals surface area contributed by atoms with Gasteiger partial charge in [-0.3, -0.25) is 4.79 Å². The third-order valence-corrected chi connectivity index (χ3v) is 12.8. The molecule has 2 aliphatic heterocycles. The number of likely N-dealkylation sites (tertiary alicyclic amines) is 1. The maximum atomic E-state index is 12.9. The summed E-state index contributed by atoms with van der Waals surface area (Å²) >= 11 is 0. The highest BCUT2D eigenvalue weighted by molar-refractivity contribution is 5.86. The second-order valence-corrected chi connectivity index (χ2v) is 18.4. The number of piperidine rings is 1. The van der Waals surface area contributed by atoms with Crippen LogP contribution in [0, 0.1) is 0 Å². The standard InChI is InChI=1S/C50H68N4O3/c1-48(2,42-33-36(52(7)8)23-24-44(42)51-28-18-32-55)27-16-10-9-12-21-46-50(5,6)43-34-39-38-19-14-15-20-40(38)49(3,4)41(39)35-45(43)54(46)29-17-11-13-22-47(57)53-30-25-37(56)26-31-53/h9-10,12,14-16,19-21,23-24,33-35,37,51,55-56H,11,13,17-18,22,25-32H2,1-8H3/b12-9+,16-10+,46-21+. The number of allylic oxidation sites excluding steroid dienone is 6. The lowest BCUT2D eigenvalue weighted by atomic mass is 9.79. The molecule has 1 saturated heterocycles. The SMILES string of the molecule is CN(C)c1ccc(NCCCO)c(C(C)(C)C/C=C/C=C/C=C2/N(CCCCCC(=O)N3CCC(O)CC3)c3cc4c(cc3C2(C)C)-c2ccccc2C4(C)C)c1. The molecule has 0 atom stereocenters. The number of nitrogens with zero attached hydrogens (tertiary/aromatic N) is 3. The van der Waals surface area contributed by atoms with Crippen molar-refractivity contribution in [3.63, 3.8) is 0 Å². The Labute approximate surface area is 343 Å². The molecular formula is C50H68N4O3. The van der Waals surface area contributed by atoms with Crippen molar-refractivity contribution in [2.75, 3.05) is 62.0 Å². The summed E-state index contributed by atoms with van der Waals surface area (Å²) in [7, 11) is 4.16. The predicted octanol–water partition coefficient (Wildman–Crippen LogP) is 9.86. The van der Waals surface area contributed by atoms with E-state index in [1.807, 2.05) is 4.90 Å². The van der Waals surface area contributed by atoms with Gasteiger partial charge in [0.15, 0.2) is 0 Å². The van der Waals surface area contributed by atoms with Crippen molar-refractivity contribution in [2.45, 2.75) is 115 Å². The third-order valence-electron chi connectivity index (χ3n) is 12.8. The number of benzene rings is 3. The fourth-order valence-electron chi connectivity index (χ4n) is 9.19. The molecule has 3 aromatic carbocycles. The lowest BCUT2D eigenvalue weighted by Gasteiger charge is -2.29. The van der Waals surface area contributed by atoms with Crippen molar-refractivity contribution < 1.29 is 15.0 Å². The number of nitrogens with one attached hydrogen (secondary N) is 1. The van der Waals surface area contributed by atoms with Crippen LogP contribution in [0.2, 0.25) is 0 Å². The van der Waals surface area contributed by atoms with Gasteiger partial charge in [0.2, 0.25) is 5.91 Å². The molecule has 0 radical (unpaired) electrons. The first-order chi connectivity index (χ1) is 27.2. The van der Waals surface area contributed by atoms with E-state index in [4.69, 9.17) is 0 Å². The van der Waals surface area contributed by atoms with Crippen LogP contribution in [0.3, 0.4) is 0 Å². The molecule has 0 saturated carbocycles. The van der Waals surface area contributed by atoms with Crippen molar-refractivity contribution in [3.05, 3.63) is 113 Å². The molecule has 2 heterocycles. The average Bonchev–Trinajstić information content (AvgIpc) is 3.53. The Kier molecular flexibility index (Phi) is 13.1. The molecule has 3 N–H and O–H groups in total. The first-order valence-electron chi connectivity index (χ1n) is 21.4. The Balaban J connectivity index is 1.20. The molecule has 7 nitrogen and oxygen atoms in total. The monoisotopic (exact) mass is 773 g/mol.